The van der Waals surface area contributed by atoms with E-state index < -0.39 is 23.2 Å². The van der Waals surface area contributed by atoms with Crippen LogP contribution in [-0.4, -0.2) is 27.5 Å². The summed E-state index contributed by atoms with van der Waals surface area (Å²) in [7, 11) is -5.26. The molecule has 0 radical (unpaired) electrons. The van der Waals surface area contributed by atoms with Gasteiger partial charge in [-0.05, 0) is 18.2 Å². The van der Waals surface area contributed by atoms with Gasteiger partial charge in [-0.1, -0.05) is 51.7 Å². The van der Waals surface area contributed by atoms with Gasteiger partial charge in [0, 0.05) is 14.0 Å². The molecule has 1 atom stereocenters. The number of ketones is 1. The van der Waals surface area contributed by atoms with Gasteiger partial charge in [0.15, 0.2) is 15.6 Å². The predicted octanol–water partition coefficient (Wildman–Crippen LogP) is 3.39. The van der Waals surface area contributed by atoms with E-state index in [0.29, 0.717) is 6.04 Å². The van der Waals surface area contributed by atoms with E-state index in [-0.39, 0.29) is 16.6 Å². The molecule has 0 heterocycles. The fourth-order valence-corrected chi connectivity index (χ4v) is 7.20. The van der Waals surface area contributed by atoms with Gasteiger partial charge in [-0.15, -0.1) is 0 Å². The van der Waals surface area contributed by atoms with Crippen molar-refractivity contribution in [2.24, 2.45) is 5.92 Å². The molecule has 0 aliphatic heterocycles. The summed E-state index contributed by atoms with van der Waals surface area (Å²) in [5, 5.41) is -0.906. The van der Waals surface area contributed by atoms with Crippen LogP contribution in [0.3, 0.4) is 0 Å². The summed E-state index contributed by atoms with van der Waals surface area (Å²) in [6.45, 7) is 9.80. The van der Waals surface area contributed by atoms with E-state index in [2.05, 4.69) is 19.6 Å². The first-order chi connectivity index (χ1) is 9.05. The maximum atomic E-state index is 12.8. The van der Waals surface area contributed by atoms with Crippen molar-refractivity contribution < 1.29 is 13.2 Å². The minimum atomic E-state index is -3.59. The number of hydrogen-bond donors (Lipinski definition) is 0. The molecule has 0 saturated heterocycles. The molecule has 1 aromatic carbocycles. The second-order valence-corrected chi connectivity index (χ2v) is 14.3. The second kappa shape index (κ2) is 6.22. The van der Waals surface area contributed by atoms with Gasteiger partial charge < -0.3 is 0 Å². The van der Waals surface area contributed by atoms with Crippen molar-refractivity contribution >= 4 is 23.7 Å². The summed E-state index contributed by atoms with van der Waals surface area (Å²) in [4.78, 5) is 12.6. The number of sulfone groups is 1. The molecule has 1 unspecified atom stereocenters. The smallest absolute Gasteiger partial charge is 0.188 e. The Hall–Kier alpha value is -0.943. The summed E-state index contributed by atoms with van der Waals surface area (Å²) in [5.41, 5.74) is 0. The third-order valence-electron chi connectivity index (χ3n) is 3.13. The van der Waals surface area contributed by atoms with Crippen LogP contribution < -0.4 is 0 Å². The largest absolute Gasteiger partial charge is 0.298 e. The Bertz CT molecular complexity index is 557. The number of carbonyl (C=O) groups is 1. The van der Waals surface area contributed by atoms with Gasteiger partial charge >= 0.3 is 0 Å². The minimum Gasteiger partial charge on any atom is -0.298 e. The van der Waals surface area contributed by atoms with E-state index >= 15 is 0 Å². The lowest BCUT2D eigenvalue weighted by molar-refractivity contribution is -0.121. The molecule has 0 fully saturated rings. The molecule has 0 N–H and O–H groups in total. The van der Waals surface area contributed by atoms with Crippen LogP contribution in [0.15, 0.2) is 35.2 Å². The van der Waals surface area contributed by atoms with E-state index in [4.69, 9.17) is 0 Å². The number of Topliss-reactive ketones (excluding diaryl/α,β-unsaturated/α-hetero) is 1. The van der Waals surface area contributed by atoms with Crippen molar-refractivity contribution in [1.29, 1.82) is 0 Å². The fourth-order valence-electron chi connectivity index (χ4n) is 2.07. The average Bonchev–Trinajstić information content (AvgIpc) is 2.35. The molecule has 0 aliphatic rings. The van der Waals surface area contributed by atoms with Gasteiger partial charge in [-0.2, -0.15) is 0 Å². The summed E-state index contributed by atoms with van der Waals surface area (Å²) in [5.74, 6) is -0.439. The van der Waals surface area contributed by atoms with Crippen molar-refractivity contribution in [1.82, 2.24) is 0 Å². The summed E-state index contributed by atoms with van der Waals surface area (Å²) in [6.07, 6.45) is 0. The molecule has 0 aliphatic carbocycles. The third kappa shape index (κ3) is 4.28. The SMILES string of the molecule is CC(C)C(=O)C(C[Si](C)(C)C)S(=O)(=O)c1ccccc1. The maximum Gasteiger partial charge on any atom is 0.188 e. The highest BCUT2D eigenvalue weighted by Crippen LogP contribution is 2.26. The van der Waals surface area contributed by atoms with Crippen LogP contribution in [0.1, 0.15) is 13.8 Å². The van der Waals surface area contributed by atoms with Gasteiger partial charge in [-0.3, -0.25) is 4.79 Å². The second-order valence-electron chi connectivity index (χ2n) is 6.67. The summed E-state index contributed by atoms with van der Waals surface area (Å²) in [6, 6.07) is 8.77. The lowest BCUT2D eigenvalue weighted by atomic mass is 10.1. The Balaban J connectivity index is 3.27. The Morgan fingerprint density at radius 2 is 1.60 bits per heavy atom. The molecule has 0 spiro atoms. The maximum absolute atomic E-state index is 12.8. The monoisotopic (exact) mass is 312 g/mol. The van der Waals surface area contributed by atoms with E-state index in [9.17, 15) is 13.2 Å². The lowest BCUT2D eigenvalue weighted by Crippen LogP contribution is -2.39. The number of carbonyl (C=O) groups excluding carboxylic acids is 1. The predicted molar refractivity (Wildman–Crippen MR) is 85.4 cm³/mol. The van der Waals surface area contributed by atoms with Crippen LogP contribution in [0.5, 0.6) is 0 Å². The Morgan fingerprint density at radius 3 is 2.00 bits per heavy atom. The van der Waals surface area contributed by atoms with E-state index in [1.807, 2.05) is 0 Å². The van der Waals surface area contributed by atoms with E-state index in [0.717, 1.165) is 0 Å². The summed E-state index contributed by atoms with van der Waals surface area (Å²) < 4.78 is 25.5. The molecule has 1 rings (SSSR count). The minimum absolute atomic E-state index is 0.170. The Kier molecular flexibility index (Phi) is 5.32. The van der Waals surface area contributed by atoms with Crippen LogP contribution >= 0.6 is 0 Å². The van der Waals surface area contributed by atoms with Crippen molar-refractivity contribution in [3.63, 3.8) is 0 Å². The Labute approximate surface area is 123 Å². The van der Waals surface area contributed by atoms with E-state index in [1.54, 1.807) is 44.2 Å². The normalized spacial score (nSPS) is 14.3. The van der Waals surface area contributed by atoms with Crippen molar-refractivity contribution in [3.05, 3.63) is 30.3 Å². The highest BCUT2D eigenvalue weighted by Gasteiger charge is 2.38. The molecular formula is C15H24O3SSi. The van der Waals surface area contributed by atoms with Gasteiger partial charge in [0.25, 0.3) is 0 Å². The average molecular weight is 313 g/mol. The first kappa shape index (κ1) is 17.1. The highest BCUT2D eigenvalue weighted by molar-refractivity contribution is 7.93. The molecule has 20 heavy (non-hydrogen) atoms. The molecule has 0 aromatic heterocycles. The molecule has 112 valence electrons. The van der Waals surface area contributed by atoms with Gasteiger partial charge in [0.2, 0.25) is 0 Å². The fraction of sp³-hybridized carbons (Fsp3) is 0.533. The summed E-state index contributed by atoms with van der Waals surface area (Å²) >= 11 is 0. The van der Waals surface area contributed by atoms with Gasteiger partial charge in [-0.25, -0.2) is 8.42 Å². The third-order valence-corrected chi connectivity index (χ3v) is 7.14. The van der Waals surface area contributed by atoms with E-state index in [1.165, 1.54) is 0 Å². The molecular weight excluding hydrogens is 288 g/mol. The number of rotatable bonds is 6. The number of benzene rings is 1. The quantitative estimate of drug-likeness (QED) is 0.757. The van der Waals surface area contributed by atoms with Crippen LogP contribution in [0.25, 0.3) is 0 Å². The standard InChI is InChI=1S/C15H24O3SSi/c1-12(2)15(16)14(11-20(3,4)5)19(17,18)13-9-7-6-8-10-13/h6-10,12,14H,11H2,1-5H3. The van der Waals surface area contributed by atoms with Gasteiger partial charge in [0.05, 0.1) is 4.90 Å². The van der Waals surface area contributed by atoms with Crippen LogP contribution in [0.4, 0.5) is 0 Å². The molecule has 0 bridgehead atoms. The van der Waals surface area contributed by atoms with Crippen LogP contribution in [0, 0.1) is 5.92 Å². The zero-order valence-electron chi connectivity index (χ0n) is 12.9. The van der Waals surface area contributed by atoms with Crippen molar-refractivity contribution in [3.8, 4) is 0 Å². The first-order valence-corrected chi connectivity index (χ1v) is 12.1. The molecule has 3 nitrogen and oxygen atoms in total. The van der Waals surface area contributed by atoms with Crippen molar-refractivity contribution in [2.75, 3.05) is 0 Å². The molecule has 1 aromatic rings. The van der Waals surface area contributed by atoms with Crippen LogP contribution in [0.2, 0.25) is 25.7 Å². The highest BCUT2D eigenvalue weighted by atomic mass is 32.2. The molecule has 5 heteroatoms. The topological polar surface area (TPSA) is 51.2 Å². The van der Waals surface area contributed by atoms with Crippen LogP contribution in [-0.2, 0) is 14.6 Å². The van der Waals surface area contributed by atoms with Gasteiger partial charge in [0.1, 0.15) is 5.25 Å². The lowest BCUT2D eigenvalue weighted by Gasteiger charge is -2.25. The first-order valence-electron chi connectivity index (χ1n) is 6.88. The Morgan fingerprint density at radius 1 is 1.10 bits per heavy atom. The zero-order chi connectivity index (χ0) is 15.6. The molecule has 0 saturated carbocycles. The number of hydrogen-bond acceptors (Lipinski definition) is 3. The van der Waals surface area contributed by atoms with Crippen molar-refractivity contribution in [2.45, 2.75) is 49.7 Å². The zero-order valence-corrected chi connectivity index (χ0v) is 14.7. The molecule has 0 amide bonds.